The Morgan fingerprint density at radius 3 is 2.67 bits per heavy atom. The van der Waals surface area contributed by atoms with E-state index >= 15 is 0 Å². The van der Waals surface area contributed by atoms with E-state index < -0.39 is 11.9 Å². The number of pyridine rings is 2. The molecule has 0 saturated heterocycles. The zero-order chi connectivity index (χ0) is 18.1. The molecule has 2 aromatic heterocycles. The lowest BCUT2D eigenvalue weighted by Gasteiger charge is -2.36. The molecule has 1 aliphatic rings. The average Bonchev–Trinajstić information content (AvgIpc) is 2.60. The highest BCUT2D eigenvalue weighted by atomic mass is 35.5. The first-order valence-electron chi connectivity index (χ1n) is 8.33. The van der Waals surface area contributed by atoms with Crippen molar-refractivity contribution in [2.24, 2.45) is 0 Å². The lowest BCUT2D eigenvalue weighted by molar-refractivity contribution is 0.0790. The van der Waals surface area contributed by atoms with Crippen LogP contribution in [0.3, 0.4) is 0 Å². The van der Waals surface area contributed by atoms with E-state index in [1.165, 1.54) is 12.1 Å². The van der Waals surface area contributed by atoms with Gasteiger partial charge in [-0.3, -0.25) is 4.98 Å². The molecule has 0 radical (unpaired) electrons. The minimum Gasteiger partial charge on any atom is -0.486 e. The maximum absolute atomic E-state index is 14.2. The van der Waals surface area contributed by atoms with Gasteiger partial charge in [0.05, 0.1) is 0 Å². The highest BCUT2D eigenvalue weighted by Gasteiger charge is 2.31. The predicted molar refractivity (Wildman–Crippen MR) is 97.4 cm³/mol. The van der Waals surface area contributed by atoms with Gasteiger partial charge in [-0.25, -0.2) is 4.39 Å². The van der Waals surface area contributed by atoms with Gasteiger partial charge in [0.25, 0.3) is 5.95 Å². The van der Waals surface area contributed by atoms with Crippen molar-refractivity contribution in [1.82, 2.24) is 15.3 Å². The Balaban J connectivity index is 0.00000210. The summed E-state index contributed by atoms with van der Waals surface area (Å²) in [7, 11) is 0. The first-order valence-corrected chi connectivity index (χ1v) is 8.33. The van der Waals surface area contributed by atoms with Gasteiger partial charge in [0.2, 0.25) is 5.95 Å². The second-order valence-electron chi connectivity index (χ2n) is 6.33. The lowest BCUT2D eigenvalue weighted by Crippen LogP contribution is -2.46. The van der Waals surface area contributed by atoms with Gasteiger partial charge in [-0.05, 0) is 48.6 Å². The summed E-state index contributed by atoms with van der Waals surface area (Å²) in [5, 5.41) is 5.02. The third-order valence-corrected chi connectivity index (χ3v) is 4.61. The fourth-order valence-corrected chi connectivity index (χ4v) is 3.13. The third kappa shape index (κ3) is 4.14. The van der Waals surface area contributed by atoms with Crippen LogP contribution in [0, 0.1) is 17.7 Å². The van der Waals surface area contributed by atoms with Gasteiger partial charge in [-0.1, -0.05) is 0 Å². The molecule has 142 valence electrons. The maximum atomic E-state index is 14.2. The fourth-order valence-electron chi connectivity index (χ4n) is 3.13. The molecule has 0 spiro atoms. The molecular weight excluding hydrogens is 379 g/mol. The van der Waals surface area contributed by atoms with Gasteiger partial charge >= 0.3 is 0 Å². The number of nitrogens with zero attached hydrogens (tertiary/aromatic N) is 2. The predicted octanol–water partition coefficient (Wildman–Crippen LogP) is 4.17. The van der Waals surface area contributed by atoms with Crippen molar-refractivity contribution in [2.75, 3.05) is 0 Å². The summed E-state index contributed by atoms with van der Waals surface area (Å²) in [6, 6.07) is 7.39. The summed E-state index contributed by atoms with van der Waals surface area (Å²) in [6.07, 6.45) is 4.49. The summed E-state index contributed by atoms with van der Waals surface area (Å²) >= 11 is 0. The Bertz CT molecular complexity index is 951. The number of hydrogen-bond donors (Lipinski definition) is 1. The highest BCUT2D eigenvalue weighted by Crippen LogP contribution is 2.28. The molecule has 3 aromatic rings. The Kier molecular flexibility index (Phi) is 5.82. The van der Waals surface area contributed by atoms with Crippen molar-refractivity contribution in [1.29, 1.82) is 0 Å². The van der Waals surface area contributed by atoms with Crippen molar-refractivity contribution < 1.29 is 17.9 Å². The van der Waals surface area contributed by atoms with E-state index in [-0.39, 0.29) is 36.1 Å². The topological polar surface area (TPSA) is 47.0 Å². The Labute approximate surface area is 160 Å². The van der Waals surface area contributed by atoms with E-state index in [1.54, 1.807) is 24.5 Å². The number of benzene rings is 1. The van der Waals surface area contributed by atoms with Gasteiger partial charge in [0, 0.05) is 35.9 Å². The van der Waals surface area contributed by atoms with Crippen LogP contribution in [-0.4, -0.2) is 22.1 Å². The van der Waals surface area contributed by atoms with Crippen molar-refractivity contribution in [2.45, 2.75) is 31.5 Å². The van der Waals surface area contributed by atoms with E-state index in [9.17, 15) is 13.2 Å². The molecule has 1 aromatic carbocycles. The molecule has 2 heterocycles. The number of nitrogens with one attached hydrogen (secondary N) is 1. The molecule has 1 saturated carbocycles. The number of hydrogen-bond acceptors (Lipinski definition) is 4. The van der Waals surface area contributed by atoms with Crippen LogP contribution < -0.4 is 10.1 Å². The number of ether oxygens (including phenoxy) is 1. The minimum absolute atomic E-state index is 0. The monoisotopic (exact) mass is 395 g/mol. The fraction of sp³-hybridized carbons (Fsp3) is 0.263. The summed E-state index contributed by atoms with van der Waals surface area (Å²) in [4.78, 5) is 7.15. The Hall–Kier alpha value is -2.38. The summed E-state index contributed by atoms with van der Waals surface area (Å²) in [5.74, 6) is -2.15. The molecule has 4 nitrogen and oxygen atoms in total. The molecule has 0 aliphatic heterocycles. The highest BCUT2D eigenvalue weighted by molar-refractivity contribution is 5.85. The maximum Gasteiger partial charge on any atom is 0.257 e. The average molecular weight is 396 g/mol. The molecule has 1 N–H and O–H groups in total. The van der Waals surface area contributed by atoms with Crippen LogP contribution in [0.2, 0.25) is 0 Å². The van der Waals surface area contributed by atoms with Crippen molar-refractivity contribution in [3.8, 4) is 5.75 Å². The smallest absolute Gasteiger partial charge is 0.257 e. The van der Waals surface area contributed by atoms with E-state index in [0.717, 1.165) is 16.8 Å². The molecule has 8 heteroatoms. The van der Waals surface area contributed by atoms with Gasteiger partial charge in [-0.2, -0.15) is 13.8 Å². The van der Waals surface area contributed by atoms with E-state index in [1.807, 2.05) is 0 Å². The number of halogens is 4. The first kappa shape index (κ1) is 19.4. The molecule has 0 bridgehead atoms. The molecule has 0 unspecified atom stereocenters. The zero-order valence-corrected chi connectivity index (χ0v) is 15.0. The number of aromatic nitrogens is 2. The second-order valence-corrected chi connectivity index (χ2v) is 6.33. The third-order valence-electron chi connectivity index (χ3n) is 4.61. The van der Waals surface area contributed by atoms with Crippen LogP contribution in [0.15, 0.2) is 42.7 Å². The standard InChI is InChI=1S/C19H16F3N3O.ClH/c20-16-2-1-11-9-23-6-5-14(11)15(16)10-24-12-7-13(8-12)26-17-3-4-18(21)25-19(17)22;/h1-6,9,12-13,24H,7-8,10H2;1H. The van der Waals surface area contributed by atoms with Crippen LogP contribution >= 0.6 is 12.4 Å². The molecular formula is C19H17ClF3N3O. The Morgan fingerprint density at radius 2 is 1.89 bits per heavy atom. The molecule has 27 heavy (non-hydrogen) atoms. The van der Waals surface area contributed by atoms with E-state index in [2.05, 4.69) is 15.3 Å². The van der Waals surface area contributed by atoms with Crippen molar-refractivity contribution >= 4 is 23.2 Å². The largest absolute Gasteiger partial charge is 0.486 e. The van der Waals surface area contributed by atoms with Crippen molar-refractivity contribution in [3.05, 3.63) is 66.0 Å². The summed E-state index contributed by atoms with van der Waals surface area (Å²) in [5.41, 5.74) is 0.600. The number of rotatable bonds is 5. The molecule has 0 atom stereocenters. The molecule has 1 fully saturated rings. The van der Waals surface area contributed by atoms with Gasteiger partial charge in [-0.15, -0.1) is 12.4 Å². The van der Waals surface area contributed by atoms with Crippen LogP contribution in [0.1, 0.15) is 18.4 Å². The minimum atomic E-state index is -0.951. The number of fused-ring (bicyclic) bond motifs is 1. The van der Waals surface area contributed by atoms with Gasteiger partial charge in [0.15, 0.2) is 5.75 Å². The normalized spacial score (nSPS) is 18.6. The van der Waals surface area contributed by atoms with Crippen LogP contribution in [-0.2, 0) is 6.54 Å². The van der Waals surface area contributed by atoms with Crippen LogP contribution in [0.25, 0.3) is 10.8 Å². The van der Waals surface area contributed by atoms with Crippen molar-refractivity contribution in [3.63, 3.8) is 0 Å². The summed E-state index contributed by atoms with van der Waals surface area (Å²) in [6.45, 7) is 0.386. The second kappa shape index (κ2) is 8.10. The van der Waals surface area contributed by atoms with Gasteiger partial charge in [0.1, 0.15) is 11.9 Å². The zero-order valence-electron chi connectivity index (χ0n) is 14.2. The quantitative estimate of drug-likeness (QED) is 0.659. The van der Waals surface area contributed by atoms with Crippen LogP contribution in [0.4, 0.5) is 13.2 Å². The van der Waals surface area contributed by atoms with Gasteiger partial charge < -0.3 is 10.1 Å². The van der Waals surface area contributed by atoms with E-state index in [4.69, 9.17) is 4.74 Å². The van der Waals surface area contributed by atoms with E-state index in [0.29, 0.717) is 24.9 Å². The first-order chi connectivity index (χ1) is 12.6. The molecule has 1 aliphatic carbocycles. The lowest BCUT2D eigenvalue weighted by atomic mass is 9.89. The van der Waals surface area contributed by atoms with Crippen LogP contribution in [0.5, 0.6) is 5.75 Å². The SMILES string of the molecule is Cl.Fc1ccc(OC2CC(NCc3c(F)ccc4cnccc34)C2)c(F)n1. The molecule has 4 rings (SSSR count). The summed E-state index contributed by atoms with van der Waals surface area (Å²) < 4.78 is 45.9. The Morgan fingerprint density at radius 1 is 1.07 bits per heavy atom. The molecule has 0 amide bonds.